The normalized spacial score (nSPS) is 10.8. The third kappa shape index (κ3) is 5.28. The van der Waals surface area contributed by atoms with Crippen molar-refractivity contribution in [2.24, 2.45) is 10.9 Å². The van der Waals surface area contributed by atoms with Crippen LogP contribution in [0.25, 0.3) is 0 Å². The summed E-state index contributed by atoms with van der Waals surface area (Å²) in [5.74, 6) is 0.376. The summed E-state index contributed by atoms with van der Waals surface area (Å²) in [6, 6.07) is 0. The van der Waals surface area contributed by atoms with E-state index in [0.717, 1.165) is 0 Å². The number of hydrogen-bond acceptors (Lipinski definition) is 2. The molecule has 0 saturated carbocycles. The Kier molecular flexibility index (Phi) is 4.54. The molecule has 0 atom stereocenters. The second-order valence-electron chi connectivity index (χ2n) is 2.41. The van der Waals surface area contributed by atoms with Crippen molar-refractivity contribution in [1.29, 1.82) is 0 Å². The molecule has 3 nitrogen and oxygen atoms in total. The number of aliphatic imine (C=N–C) groups is 1. The number of hydrogen-bond donors (Lipinski definition) is 1. The maximum absolute atomic E-state index is 10.6. The second kappa shape index (κ2) is 4.97. The Morgan fingerprint density at radius 3 is 2.70 bits per heavy atom. The molecule has 1 amide bonds. The Hall–Kier alpha value is -0.860. The van der Waals surface area contributed by atoms with Gasteiger partial charge >= 0.3 is 0 Å². The van der Waals surface area contributed by atoms with E-state index in [1.165, 1.54) is 0 Å². The topological polar surface area (TPSA) is 41.5 Å². The predicted octanol–water partition coefficient (Wildman–Crippen LogP) is 0.459. The van der Waals surface area contributed by atoms with Crippen LogP contribution in [-0.4, -0.2) is 25.7 Å². The van der Waals surface area contributed by atoms with Crippen LogP contribution in [-0.2, 0) is 4.79 Å². The van der Waals surface area contributed by atoms with Gasteiger partial charge in [0.1, 0.15) is 6.54 Å². The largest absolute Gasteiger partial charge is 0.358 e. The van der Waals surface area contributed by atoms with E-state index in [1.807, 2.05) is 13.8 Å². The molecule has 58 valence electrons. The molecule has 0 aromatic carbocycles. The molecule has 0 fully saturated rings. The van der Waals surface area contributed by atoms with Crippen LogP contribution in [0, 0.1) is 5.92 Å². The van der Waals surface area contributed by atoms with Gasteiger partial charge in [0.05, 0.1) is 0 Å². The van der Waals surface area contributed by atoms with Crippen molar-refractivity contribution >= 4 is 12.1 Å². The Morgan fingerprint density at radius 2 is 2.30 bits per heavy atom. The number of nitrogens with zero attached hydrogens (tertiary/aromatic N) is 1. The lowest BCUT2D eigenvalue weighted by atomic mass is 10.2. The molecule has 0 aromatic rings. The first-order valence-electron chi connectivity index (χ1n) is 3.37. The van der Waals surface area contributed by atoms with Crippen molar-refractivity contribution in [3.63, 3.8) is 0 Å². The van der Waals surface area contributed by atoms with Crippen molar-refractivity contribution in [2.75, 3.05) is 13.6 Å². The summed E-state index contributed by atoms with van der Waals surface area (Å²) in [5.41, 5.74) is 0. The van der Waals surface area contributed by atoms with Crippen LogP contribution in [0.5, 0.6) is 0 Å². The third-order valence-electron chi connectivity index (χ3n) is 0.917. The van der Waals surface area contributed by atoms with Crippen LogP contribution in [0.3, 0.4) is 0 Å². The van der Waals surface area contributed by atoms with Gasteiger partial charge in [-0.05, 0) is 5.92 Å². The molecule has 3 heteroatoms. The number of likely N-dealkylation sites (N-methyl/N-ethyl adjacent to an activating group) is 1. The van der Waals surface area contributed by atoms with Crippen molar-refractivity contribution < 1.29 is 4.79 Å². The van der Waals surface area contributed by atoms with Gasteiger partial charge in [0.25, 0.3) is 0 Å². The van der Waals surface area contributed by atoms with Crippen LogP contribution < -0.4 is 5.32 Å². The van der Waals surface area contributed by atoms with Gasteiger partial charge in [-0.1, -0.05) is 13.8 Å². The van der Waals surface area contributed by atoms with Crippen LogP contribution in [0.1, 0.15) is 13.8 Å². The highest BCUT2D eigenvalue weighted by Gasteiger charge is 1.91. The molecule has 0 radical (unpaired) electrons. The average Bonchev–Trinajstić information content (AvgIpc) is 1.87. The number of amides is 1. The fourth-order valence-electron chi connectivity index (χ4n) is 0.425. The molecule has 10 heavy (non-hydrogen) atoms. The van der Waals surface area contributed by atoms with E-state index in [9.17, 15) is 4.79 Å². The summed E-state index contributed by atoms with van der Waals surface area (Å²) in [4.78, 5) is 14.5. The van der Waals surface area contributed by atoms with Gasteiger partial charge < -0.3 is 5.32 Å². The molecule has 0 aromatic heterocycles. The van der Waals surface area contributed by atoms with Crippen LogP contribution in [0.4, 0.5) is 0 Å². The smallest absolute Gasteiger partial charge is 0.241 e. The molecule has 0 spiro atoms. The molecule has 0 heterocycles. The number of nitrogens with one attached hydrogen (secondary N) is 1. The predicted molar refractivity (Wildman–Crippen MR) is 42.3 cm³/mol. The molecule has 0 unspecified atom stereocenters. The Bertz CT molecular complexity index is 130. The monoisotopic (exact) mass is 142 g/mol. The number of carbonyl (C=O) groups is 1. The Balaban J connectivity index is 3.43. The minimum Gasteiger partial charge on any atom is -0.358 e. The van der Waals surface area contributed by atoms with Crippen molar-refractivity contribution in [3.8, 4) is 0 Å². The summed E-state index contributed by atoms with van der Waals surface area (Å²) in [6.07, 6.45) is 1.77. The van der Waals surface area contributed by atoms with Crippen LogP contribution in [0.2, 0.25) is 0 Å². The zero-order chi connectivity index (χ0) is 7.98. The highest BCUT2D eigenvalue weighted by atomic mass is 16.1. The van der Waals surface area contributed by atoms with E-state index in [4.69, 9.17) is 0 Å². The second-order valence-corrected chi connectivity index (χ2v) is 2.41. The maximum Gasteiger partial charge on any atom is 0.241 e. The van der Waals surface area contributed by atoms with E-state index in [1.54, 1.807) is 13.3 Å². The first kappa shape index (κ1) is 9.14. The molecule has 1 N–H and O–H groups in total. The van der Waals surface area contributed by atoms with Gasteiger partial charge in [-0.25, -0.2) is 0 Å². The Morgan fingerprint density at radius 1 is 1.70 bits per heavy atom. The standard InChI is InChI=1S/C7H14N2O/c1-6(2)4-9-5-7(10)8-3/h4,6H,5H2,1-3H3,(H,8,10). The van der Waals surface area contributed by atoms with Crippen LogP contribution >= 0.6 is 0 Å². The van der Waals surface area contributed by atoms with Gasteiger partial charge in [-0.3, -0.25) is 9.79 Å². The molecule has 0 saturated heterocycles. The summed E-state index contributed by atoms with van der Waals surface area (Å²) in [6.45, 7) is 4.29. The Labute approximate surface area is 61.5 Å². The first-order chi connectivity index (χ1) is 4.66. The zero-order valence-electron chi connectivity index (χ0n) is 6.72. The molecular weight excluding hydrogens is 128 g/mol. The van der Waals surface area contributed by atoms with Crippen molar-refractivity contribution in [3.05, 3.63) is 0 Å². The minimum absolute atomic E-state index is 0.0445. The molecule has 0 aliphatic carbocycles. The molecule has 0 rings (SSSR count). The SMILES string of the molecule is CNC(=O)CN=CC(C)C. The van der Waals surface area contributed by atoms with Crippen LogP contribution in [0.15, 0.2) is 4.99 Å². The highest BCUT2D eigenvalue weighted by molar-refractivity contribution is 5.79. The van der Waals surface area contributed by atoms with Gasteiger partial charge in [0, 0.05) is 13.3 Å². The number of carbonyl (C=O) groups excluding carboxylic acids is 1. The lowest BCUT2D eigenvalue weighted by Crippen LogP contribution is -2.20. The van der Waals surface area contributed by atoms with E-state index in [-0.39, 0.29) is 12.5 Å². The van der Waals surface area contributed by atoms with Gasteiger partial charge in [0.15, 0.2) is 0 Å². The summed E-state index contributed by atoms with van der Waals surface area (Å²) in [7, 11) is 1.60. The summed E-state index contributed by atoms with van der Waals surface area (Å²) in [5, 5.41) is 2.49. The quantitative estimate of drug-likeness (QED) is 0.571. The maximum atomic E-state index is 10.6. The first-order valence-corrected chi connectivity index (χ1v) is 3.37. The lowest BCUT2D eigenvalue weighted by molar-refractivity contribution is -0.119. The van der Waals surface area contributed by atoms with Crippen molar-refractivity contribution in [2.45, 2.75) is 13.8 Å². The average molecular weight is 142 g/mol. The molecular formula is C7H14N2O. The molecule has 0 aliphatic rings. The third-order valence-corrected chi connectivity index (χ3v) is 0.917. The van der Waals surface area contributed by atoms with E-state index >= 15 is 0 Å². The van der Waals surface area contributed by atoms with Gasteiger partial charge in [-0.15, -0.1) is 0 Å². The summed E-state index contributed by atoms with van der Waals surface area (Å²) >= 11 is 0. The highest BCUT2D eigenvalue weighted by Crippen LogP contribution is 1.84. The molecule has 0 aliphatic heterocycles. The fourth-order valence-corrected chi connectivity index (χ4v) is 0.425. The summed E-state index contributed by atoms with van der Waals surface area (Å²) < 4.78 is 0. The lowest BCUT2D eigenvalue weighted by Gasteiger charge is -1.94. The zero-order valence-corrected chi connectivity index (χ0v) is 6.72. The van der Waals surface area contributed by atoms with E-state index in [0.29, 0.717) is 5.92 Å². The minimum atomic E-state index is -0.0445. The number of rotatable bonds is 3. The van der Waals surface area contributed by atoms with E-state index < -0.39 is 0 Å². The van der Waals surface area contributed by atoms with Crippen molar-refractivity contribution in [1.82, 2.24) is 5.32 Å². The van der Waals surface area contributed by atoms with Gasteiger partial charge in [-0.2, -0.15) is 0 Å². The van der Waals surface area contributed by atoms with Gasteiger partial charge in [0.2, 0.25) is 5.91 Å². The van der Waals surface area contributed by atoms with E-state index in [2.05, 4.69) is 10.3 Å². The fraction of sp³-hybridized carbons (Fsp3) is 0.714. The molecule has 0 bridgehead atoms.